The van der Waals surface area contributed by atoms with Crippen LogP contribution in [0.25, 0.3) is 0 Å². The first-order valence-corrected chi connectivity index (χ1v) is 7.37. The molecule has 0 bridgehead atoms. The van der Waals surface area contributed by atoms with Crippen molar-refractivity contribution in [2.75, 3.05) is 25.1 Å². The number of aryl methyl sites for hydroxylation is 1. The van der Waals surface area contributed by atoms with Crippen molar-refractivity contribution in [2.24, 2.45) is 0 Å². The minimum absolute atomic E-state index is 0.133. The third-order valence-electron chi connectivity index (χ3n) is 3.11. The lowest BCUT2D eigenvalue weighted by molar-refractivity contribution is 0.102. The van der Waals surface area contributed by atoms with Crippen molar-refractivity contribution >= 4 is 11.6 Å². The van der Waals surface area contributed by atoms with Gasteiger partial charge in [-0.25, -0.2) is 0 Å². The zero-order chi connectivity index (χ0) is 15.8. The Morgan fingerprint density at radius 1 is 1.09 bits per heavy atom. The molecule has 0 aromatic heterocycles. The van der Waals surface area contributed by atoms with Crippen LogP contribution in [0.2, 0.25) is 0 Å². The summed E-state index contributed by atoms with van der Waals surface area (Å²) in [5, 5.41) is 2.87. The maximum atomic E-state index is 12.2. The molecule has 22 heavy (non-hydrogen) atoms. The minimum atomic E-state index is -0.133. The minimum Gasteiger partial charge on any atom is -0.491 e. The van der Waals surface area contributed by atoms with E-state index in [2.05, 4.69) is 5.32 Å². The lowest BCUT2D eigenvalue weighted by Gasteiger charge is -2.09. The van der Waals surface area contributed by atoms with E-state index in [1.165, 1.54) is 0 Å². The number of hydrogen-bond acceptors (Lipinski definition) is 3. The van der Waals surface area contributed by atoms with Crippen molar-refractivity contribution in [1.29, 1.82) is 0 Å². The monoisotopic (exact) mass is 299 g/mol. The molecule has 0 atom stereocenters. The molecule has 4 nitrogen and oxygen atoms in total. The Morgan fingerprint density at radius 3 is 2.59 bits per heavy atom. The average molecular weight is 299 g/mol. The van der Waals surface area contributed by atoms with Gasteiger partial charge in [0.05, 0.1) is 6.61 Å². The number of carbonyl (C=O) groups is 1. The Labute approximate surface area is 131 Å². The highest BCUT2D eigenvalue weighted by Gasteiger charge is 2.06. The number of rotatable bonds is 7. The van der Waals surface area contributed by atoms with E-state index in [1.54, 1.807) is 6.07 Å². The largest absolute Gasteiger partial charge is 0.491 e. The van der Waals surface area contributed by atoms with Crippen LogP contribution in [0.5, 0.6) is 5.75 Å². The standard InChI is InChI=1S/C18H21NO3/c1-3-21-11-12-22-17-6-4-5-16(13-17)19-18(20)15-9-7-14(2)8-10-15/h4-10,13H,3,11-12H2,1-2H3,(H,19,20). The van der Waals surface area contributed by atoms with E-state index < -0.39 is 0 Å². The molecule has 0 saturated heterocycles. The van der Waals surface area contributed by atoms with E-state index >= 15 is 0 Å². The third kappa shape index (κ3) is 4.90. The lowest BCUT2D eigenvalue weighted by Crippen LogP contribution is -2.12. The average Bonchev–Trinajstić information content (AvgIpc) is 2.52. The molecule has 0 unspecified atom stereocenters. The fourth-order valence-electron chi connectivity index (χ4n) is 1.93. The first-order valence-electron chi connectivity index (χ1n) is 7.37. The van der Waals surface area contributed by atoms with Crippen molar-refractivity contribution in [3.05, 3.63) is 59.7 Å². The number of amides is 1. The van der Waals surface area contributed by atoms with E-state index in [1.807, 2.05) is 56.3 Å². The molecule has 0 spiro atoms. The summed E-state index contributed by atoms with van der Waals surface area (Å²) in [6.45, 7) is 5.65. The SMILES string of the molecule is CCOCCOc1cccc(NC(=O)c2ccc(C)cc2)c1. The molecule has 1 amide bonds. The fourth-order valence-corrected chi connectivity index (χ4v) is 1.93. The molecule has 2 aromatic rings. The molecule has 2 aromatic carbocycles. The van der Waals surface area contributed by atoms with Gasteiger partial charge in [-0.3, -0.25) is 4.79 Å². The van der Waals surface area contributed by atoms with Crippen LogP contribution in [-0.2, 0) is 4.74 Å². The van der Waals surface area contributed by atoms with Crippen LogP contribution in [0, 0.1) is 6.92 Å². The summed E-state index contributed by atoms with van der Waals surface area (Å²) in [4.78, 5) is 12.2. The number of anilines is 1. The van der Waals surface area contributed by atoms with Crippen LogP contribution in [-0.4, -0.2) is 25.7 Å². The number of carbonyl (C=O) groups excluding carboxylic acids is 1. The van der Waals surface area contributed by atoms with Gasteiger partial charge in [0.15, 0.2) is 0 Å². The molecule has 0 aliphatic heterocycles. The summed E-state index contributed by atoms with van der Waals surface area (Å²) in [5.41, 5.74) is 2.47. The molecule has 0 radical (unpaired) electrons. The Kier molecular flexibility index (Phi) is 5.98. The van der Waals surface area contributed by atoms with Crippen LogP contribution in [0.15, 0.2) is 48.5 Å². The van der Waals surface area contributed by atoms with Gasteiger partial charge in [0.25, 0.3) is 5.91 Å². The second-order valence-electron chi connectivity index (χ2n) is 4.89. The van der Waals surface area contributed by atoms with E-state index in [-0.39, 0.29) is 5.91 Å². The van der Waals surface area contributed by atoms with Gasteiger partial charge in [0.2, 0.25) is 0 Å². The summed E-state index contributed by atoms with van der Waals surface area (Å²) >= 11 is 0. The highest BCUT2D eigenvalue weighted by atomic mass is 16.5. The number of nitrogens with one attached hydrogen (secondary N) is 1. The first-order chi connectivity index (χ1) is 10.7. The Hall–Kier alpha value is -2.33. The van der Waals surface area contributed by atoms with Crippen molar-refractivity contribution < 1.29 is 14.3 Å². The van der Waals surface area contributed by atoms with Gasteiger partial charge in [-0.15, -0.1) is 0 Å². The van der Waals surface area contributed by atoms with Gasteiger partial charge in [-0.05, 0) is 38.1 Å². The zero-order valence-electron chi connectivity index (χ0n) is 13.0. The van der Waals surface area contributed by atoms with Crippen molar-refractivity contribution in [3.8, 4) is 5.75 Å². The predicted molar refractivity (Wildman–Crippen MR) is 87.6 cm³/mol. The Balaban J connectivity index is 1.94. The molecule has 1 N–H and O–H groups in total. The molecule has 0 fully saturated rings. The van der Waals surface area contributed by atoms with Gasteiger partial charge in [0, 0.05) is 23.9 Å². The topological polar surface area (TPSA) is 47.6 Å². The van der Waals surface area contributed by atoms with Gasteiger partial charge < -0.3 is 14.8 Å². The lowest BCUT2D eigenvalue weighted by atomic mass is 10.1. The summed E-state index contributed by atoms with van der Waals surface area (Å²) in [5.74, 6) is 0.577. The maximum absolute atomic E-state index is 12.2. The molecule has 116 valence electrons. The second-order valence-corrected chi connectivity index (χ2v) is 4.89. The molecule has 0 aliphatic rings. The van der Waals surface area contributed by atoms with Crippen LogP contribution in [0.1, 0.15) is 22.8 Å². The molecule has 4 heteroatoms. The summed E-state index contributed by atoms with van der Waals surface area (Å²) in [6.07, 6.45) is 0. The first kappa shape index (κ1) is 16.0. The highest BCUT2D eigenvalue weighted by Crippen LogP contribution is 2.18. The van der Waals surface area contributed by atoms with Crippen LogP contribution >= 0.6 is 0 Å². The van der Waals surface area contributed by atoms with Crippen molar-refractivity contribution in [2.45, 2.75) is 13.8 Å². The van der Waals surface area contributed by atoms with E-state index in [4.69, 9.17) is 9.47 Å². The van der Waals surface area contributed by atoms with Gasteiger partial charge in [0.1, 0.15) is 12.4 Å². The molecule has 0 heterocycles. The van der Waals surface area contributed by atoms with E-state index in [0.717, 1.165) is 5.56 Å². The number of hydrogen-bond donors (Lipinski definition) is 1. The zero-order valence-corrected chi connectivity index (χ0v) is 13.0. The van der Waals surface area contributed by atoms with Crippen LogP contribution in [0.3, 0.4) is 0 Å². The molecular weight excluding hydrogens is 278 g/mol. The van der Waals surface area contributed by atoms with Gasteiger partial charge in [-0.1, -0.05) is 23.8 Å². The number of benzene rings is 2. The number of ether oxygens (including phenoxy) is 2. The van der Waals surface area contributed by atoms with Gasteiger partial charge in [-0.2, -0.15) is 0 Å². The summed E-state index contributed by atoms with van der Waals surface area (Å²) in [7, 11) is 0. The second kappa shape index (κ2) is 8.20. The van der Waals surface area contributed by atoms with Crippen molar-refractivity contribution in [3.63, 3.8) is 0 Å². The predicted octanol–water partition coefficient (Wildman–Crippen LogP) is 3.66. The molecule has 0 aliphatic carbocycles. The molecule has 0 saturated carbocycles. The molecular formula is C18H21NO3. The third-order valence-corrected chi connectivity index (χ3v) is 3.11. The van der Waals surface area contributed by atoms with Gasteiger partial charge >= 0.3 is 0 Å². The smallest absolute Gasteiger partial charge is 0.255 e. The molecule has 2 rings (SSSR count). The summed E-state index contributed by atoms with van der Waals surface area (Å²) in [6, 6.07) is 14.8. The Morgan fingerprint density at radius 2 is 1.86 bits per heavy atom. The quantitative estimate of drug-likeness (QED) is 0.794. The Bertz CT molecular complexity index is 608. The highest BCUT2D eigenvalue weighted by molar-refractivity contribution is 6.04. The fraction of sp³-hybridized carbons (Fsp3) is 0.278. The van der Waals surface area contributed by atoms with Crippen LogP contribution in [0.4, 0.5) is 5.69 Å². The summed E-state index contributed by atoms with van der Waals surface area (Å²) < 4.78 is 10.8. The van der Waals surface area contributed by atoms with E-state index in [9.17, 15) is 4.79 Å². The van der Waals surface area contributed by atoms with Crippen LogP contribution < -0.4 is 10.1 Å². The maximum Gasteiger partial charge on any atom is 0.255 e. The van der Waals surface area contributed by atoms with E-state index in [0.29, 0.717) is 36.8 Å². The normalized spacial score (nSPS) is 10.3. The van der Waals surface area contributed by atoms with Crippen molar-refractivity contribution in [1.82, 2.24) is 0 Å².